The molecule has 168 valence electrons. The van der Waals surface area contributed by atoms with E-state index >= 15 is 0 Å². The van der Waals surface area contributed by atoms with Crippen LogP contribution in [0, 0.1) is 17.2 Å². The second-order valence-electron chi connectivity index (χ2n) is 8.62. The lowest BCUT2D eigenvalue weighted by Gasteiger charge is -2.30. The van der Waals surface area contributed by atoms with E-state index in [4.69, 9.17) is 16.0 Å². The number of fused-ring (bicyclic) bond motifs is 3. The van der Waals surface area contributed by atoms with Crippen LogP contribution in [0.25, 0.3) is 22.1 Å². The number of aromatic amines is 1. The third-order valence-electron chi connectivity index (χ3n) is 6.36. The molecule has 1 aliphatic rings. The Morgan fingerprint density at radius 3 is 2.84 bits per heavy atom. The largest absolute Gasteiger partial charge is 0.370 e. The predicted octanol–water partition coefficient (Wildman–Crippen LogP) is 2.87. The van der Waals surface area contributed by atoms with E-state index in [1.54, 1.807) is 6.20 Å². The number of rotatable bonds is 9. The number of primary amides is 1. The van der Waals surface area contributed by atoms with Crippen molar-refractivity contribution in [2.24, 2.45) is 11.7 Å². The molecule has 3 heterocycles. The normalized spacial score (nSPS) is 18.6. The number of aromatic nitrogens is 4. The molecule has 1 saturated carbocycles. The smallest absolute Gasteiger partial charge is 0.227 e. The Kier molecular flexibility index (Phi) is 6.69. The number of carbonyl (C=O) groups excluding carboxylic acids is 2. The first kappa shape index (κ1) is 21.8. The number of hydrogen-bond acceptors (Lipinski definition) is 5. The van der Waals surface area contributed by atoms with Gasteiger partial charge in [0.1, 0.15) is 17.0 Å². The maximum Gasteiger partial charge on any atom is 0.227 e. The topological polar surface area (TPSA) is 142 Å². The van der Waals surface area contributed by atoms with Gasteiger partial charge in [-0.15, -0.1) is 0 Å². The maximum absolute atomic E-state index is 12.7. The Morgan fingerprint density at radius 1 is 1.28 bits per heavy atom. The lowest BCUT2D eigenvalue weighted by atomic mass is 9.84. The molecule has 3 aromatic rings. The SMILES string of the molecule is N#CCC1CCC(n2c(CC(=O)NCCCCC(N)=O)nc3cnc4[nH]ccc4c32)CC1. The van der Waals surface area contributed by atoms with Crippen LogP contribution in [0.5, 0.6) is 0 Å². The molecule has 0 spiro atoms. The summed E-state index contributed by atoms with van der Waals surface area (Å²) < 4.78 is 2.24. The number of unbranched alkanes of at least 4 members (excludes halogenated alkanes) is 1. The van der Waals surface area contributed by atoms with Crippen LogP contribution in [-0.2, 0) is 16.0 Å². The standard InChI is InChI=1S/C23H29N7O2/c24-10-8-15-4-6-16(7-5-15)30-20(13-21(32)26-11-2-1-3-19(25)31)29-18-14-28-23-17(22(18)30)9-12-27-23/h9,12,14-16H,1-8,11,13H2,(H2,25,31)(H,26,32)(H,27,28). The summed E-state index contributed by atoms with van der Waals surface area (Å²) in [5.41, 5.74) is 7.78. The summed E-state index contributed by atoms with van der Waals surface area (Å²) in [5.74, 6) is 0.789. The molecule has 0 bridgehead atoms. The number of nitriles is 1. The minimum Gasteiger partial charge on any atom is -0.370 e. The predicted molar refractivity (Wildman–Crippen MR) is 120 cm³/mol. The molecule has 4 rings (SSSR count). The van der Waals surface area contributed by atoms with Gasteiger partial charge in [-0.05, 0) is 50.5 Å². The number of hydrogen-bond donors (Lipinski definition) is 3. The summed E-state index contributed by atoms with van der Waals surface area (Å²) in [6.45, 7) is 0.509. The van der Waals surface area contributed by atoms with Gasteiger partial charge in [0.05, 0.1) is 24.2 Å². The highest BCUT2D eigenvalue weighted by molar-refractivity contribution is 6.01. The lowest BCUT2D eigenvalue weighted by molar-refractivity contribution is -0.120. The summed E-state index contributed by atoms with van der Waals surface area (Å²) in [7, 11) is 0. The molecule has 32 heavy (non-hydrogen) atoms. The maximum atomic E-state index is 12.7. The summed E-state index contributed by atoms with van der Waals surface area (Å²) in [4.78, 5) is 35.9. The average molecular weight is 436 g/mol. The number of imidazole rings is 1. The third-order valence-corrected chi connectivity index (χ3v) is 6.36. The fourth-order valence-electron chi connectivity index (χ4n) is 4.75. The van der Waals surface area contributed by atoms with Crippen LogP contribution < -0.4 is 11.1 Å². The summed E-state index contributed by atoms with van der Waals surface area (Å²) in [6, 6.07) is 4.55. The van der Waals surface area contributed by atoms with Crippen LogP contribution in [0.4, 0.5) is 0 Å². The highest BCUT2D eigenvalue weighted by Crippen LogP contribution is 2.37. The number of carbonyl (C=O) groups is 2. The fourth-order valence-corrected chi connectivity index (χ4v) is 4.75. The van der Waals surface area contributed by atoms with Crippen molar-refractivity contribution in [1.82, 2.24) is 24.8 Å². The van der Waals surface area contributed by atoms with Gasteiger partial charge in [-0.3, -0.25) is 9.59 Å². The molecular formula is C23H29N7O2. The van der Waals surface area contributed by atoms with Gasteiger partial charge in [0.15, 0.2) is 0 Å². The first-order valence-corrected chi connectivity index (χ1v) is 11.3. The first-order chi connectivity index (χ1) is 15.6. The van der Waals surface area contributed by atoms with Crippen LogP contribution in [0.15, 0.2) is 18.5 Å². The number of nitrogens with one attached hydrogen (secondary N) is 2. The fraction of sp³-hybridized carbons (Fsp3) is 0.522. The zero-order valence-corrected chi connectivity index (χ0v) is 18.1. The Morgan fingerprint density at radius 2 is 2.09 bits per heavy atom. The quantitative estimate of drug-likeness (QED) is 0.443. The van der Waals surface area contributed by atoms with E-state index < -0.39 is 0 Å². The van der Waals surface area contributed by atoms with Crippen LogP contribution in [-0.4, -0.2) is 37.9 Å². The highest BCUT2D eigenvalue weighted by atomic mass is 16.2. The molecular weight excluding hydrogens is 406 g/mol. The van der Waals surface area contributed by atoms with Crippen LogP contribution in [0.1, 0.15) is 63.2 Å². The number of amides is 2. The Labute approximate surface area is 186 Å². The van der Waals surface area contributed by atoms with Crippen molar-refractivity contribution in [3.63, 3.8) is 0 Å². The van der Waals surface area contributed by atoms with Gasteiger partial charge in [0, 0.05) is 37.0 Å². The Hall–Kier alpha value is -3.41. The third kappa shape index (κ3) is 4.74. The van der Waals surface area contributed by atoms with Gasteiger partial charge >= 0.3 is 0 Å². The zero-order chi connectivity index (χ0) is 22.5. The molecule has 4 N–H and O–H groups in total. The Balaban J connectivity index is 1.55. The molecule has 9 heteroatoms. The summed E-state index contributed by atoms with van der Waals surface area (Å²) in [6.07, 6.45) is 10.1. The molecule has 3 aromatic heterocycles. The Bertz CT molecular complexity index is 1150. The van der Waals surface area contributed by atoms with E-state index in [1.165, 1.54) is 0 Å². The van der Waals surface area contributed by atoms with Crippen molar-refractivity contribution in [2.45, 2.75) is 63.8 Å². The van der Waals surface area contributed by atoms with Crippen molar-refractivity contribution < 1.29 is 9.59 Å². The van der Waals surface area contributed by atoms with Crippen LogP contribution in [0.3, 0.4) is 0 Å². The number of H-pyrrole nitrogens is 1. The van der Waals surface area contributed by atoms with Gasteiger partial charge in [0.25, 0.3) is 0 Å². The molecule has 0 saturated heterocycles. The second-order valence-corrected chi connectivity index (χ2v) is 8.62. The van der Waals surface area contributed by atoms with Crippen molar-refractivity contribution in [1.29, 1.82) is 5.26 Å². The molecule has 0 atom stereocenters. The highest BCUT2D eigenvalue weighted by Gasteiger charge is 2.27. The summed E-state index contributed by atoms with van der Waals surface area (Å²) in [5, 5.41) is 13.0. The van der Waals surface area contributed by atoms with E-state index in [1.807, 2.05) is 12.3 Å². The van der Waals surface area contributed by atoms with E-state index in [0.29, 0.717) is 38.1 Å². The molecule has 2 amide bonds. The van der Waals surface area contributed by atoms with Crippen LogP contribution >= 0.6 is 0 Å². The first-order valence-electron chi connectivity index (χ1n) is 11.3. The van der Waals surface area contributed by atoms with Crippen molar-refractivity contribution in [3.05, 3.63) is 24.3 Å². The number of nitrogens with two attached hydrogens (primary N) is 1. The van der Waals surface area contributed by atoms with Crippen molar-refractivity contribution in [3.8, 4) is 6.07 Å². The van der Waals surface area contributed by atoms with E-state index in [-0.39, 0.29) is 24.3 Å². The van der Waals surface area contributed by atoms with Crippen molar-refractivity contribution in [2.75, 3.05) is 6.54 Å². The molecule has 0 radical (unpaired) electrons. The molecule has 9 nitrogen and oxygen atoms in total. The van der Waals surface area contributed by atoms with Gasteiger partial charge < -0.3 is 20.6 Å². The lowest BCUT2D eigenvalue weighted by Crippen LogP contribution is -2.28. The number of nitrogens with zero attached hydrogens (tertiary/aromatic N) is 4. The zero-order valence-electron chi connectivity index (χ0n) is 18.1. The monoisotopic (exact) mass is 435 g/mol. The van der Waals surface area contributed by atoms with Gasteiger partial charge in [-0.1, -0.05) is 0 Å². The molecule has 0 aliphatic heterocycles. The van der Waals surface area contributed by atoms with E-state index in [0.717, 1.165) is 53.6 Å². The molecule has 0 unspecified atom stereocenters. The minimum absolute atomic E-state index is 0.0860. The minimum atomic E-state index is -0.320. The van der Waals surface area contributed by atoms with Gasteiger partial charge in [-0.2, -0.15) is 5.26 Å². The molecule has 1 aliphatic carbocycles. The van der Waals surface area contributed by atoms with E-state index in [9.17, 15) is 9.59 Å². The van der Waals surface area contributed by atoms with Crippen molar-refractivity contribution >= 4 is 33.9 Å². The average Bonchev–Trinajstić information content (AvgIpc) is 3.38. The molecule has 0 aromatic carbocycles. The van der Waals surface area contributed by atoms with Crippen LogP contribution in [0.2, 0.25) is 0 Å². The van der Waals surface area contributed by atoms with E-state index in [2.05, 4.69) is 25.9 Å². The van der Waals surface area contributed by atoms with Gasteiger partial charge in [-0.25, -0.2) is 9.97 Å². The molecule has 1 fully saturated rings. The number of pyridine rings is 1. The second kappa shape index (κ2) is 9.81. The summed E-state index contributed by atoms with van der Waals surface area (Å²) >= 11 is 0. The van der Waals surface area contributed by atoms with Gasteiger partial charge in [0.2, 0.25) is 11.8 Å².